The summed E-state index contributed by atoms with van der Waals surface area (Å²) >= 11 is 1.27. The summed E-state index contributed by atoms with van der Waals surface area (Å²) in [5.74, 6) is 0.414. The van der Waals surface area contributed by atoms with E-state index in [0.29, 0.717) is 29.3 Å². The van der Waals surface area contributed by atoms with Crippen LogP contribution in [0, 0.1) is 5.92 Å². The van der Waals surface area contributed by atoms with Crippen LogP contribution < -0.4 is 10.9 Å². The summed E-state index contributed by atoms with van der Waals surface area (Å²) in [6, 6.07) is 13.5. The molecule has 0 saturated heterocycles. The van der Waals surface area contributed by atoms with Crippen molar-refractivity contribution in [2.75, 3.05) is 12.3 Å². The zero-order chi connectivity index (χ0) is 19.9. The second-order valence-electron chi connectivity index (χ2n) is 6.95. The molecule has 3 rings (SSSR count). The average molecular weight is 397 g/mol. The number of nitrogens with zero attached hydrogens (tertiary/aromatic N) is 3. The fraction of sp³-hybridized carbons (Fsp3) is 0.333. The number of hydrogen-bond acceptors (Lipinski definition) is 5. The highest BCUT2D eigenvalue weighted by Gasteiger charge is 2.14. The van der Waals surface area contributed by atoms with Gasteiger partial charge in [0.15, 0.2) is 10.8 Å². The lowest BCUT2D eigenvalue weighted by atomic mass is 10.1. The predicted molar refractivity (Wildman–Crippen MR) is 113 cm³/mol. The van der Waals surface area contributed by atoms with Crippen LogP contribution in [0.2, 0.25) is 0 Å². The first-order valence-corrected chi connectivity index (χ1v) is 10.3. The van der Waals surface area contributed by atoms with Gasteiger partial charge in [0.25, 0.3) is 5.56 Å². The van der Waals surface area contributed by atoms with Gasteiger partial charge in [-0.1, -0.05) is 55.9 Å². The van der Waals surface area contributed by atoms with Gasteiger partial charge in [0.2, 0.25) is 5.91 Å². The molecule has 0 aliphatic carbocycles. The fourth-order valence-electron chi connectivity index (χ4n) is 2.84. The van der Waals surface area contributed by atoms with Crippen molar-refractivity contribution in [3.8, 4) is 0 Å². The van der Waals surface area contributed by atoms with Crippen LogP contribution in [0.3, 0.4) is 0 Å². The van der Waals surface area contributed by atoms with E-state index in [0.717, 1.165) is 6.42 Å². The van der Waals surface area contributed by atoms with E-state index in [4.69, 9.17) is 0 Å². The minimum atomic E-state index is -0.112. The van der Waals surface area contributed by atoms with Gasteiger partial charge >= 0.3 is 0 Å². The topological polar surface area (TPSA) is 76.9 Å². The lowest BCUT2D eigenvalue weighted by molar-refractivity contribution is -0.118. The van der Waals surface area contributed by atoms with E-state index in [1.807, 2.05) is 44.2 Å². The van der Waals surface area contributed by atoms with Crippen molar-refractivity contribution in [3.05, 3.63) is 64.6 Å². The Morgan fingerprint density at radius 2 is 1.96 bits per heavy atom. The molecule has 1 amide bonds. The molecule has 3 aromatic rings. The van der Waals surface area contributed by atoms with E-state index in [1.165, 1.54) is 17.3 Å². The highest BCUT2D eigenvalue weighted by Crippen LogP contribution is 2.17. The van der Waals surface area contributed by atoms with E-state index < -0.39 is 0 Å². The Labute approximate surface area is 168 Å². The second kappa shape index (κ2) is 9.50. The summed E-state index contributed by atoms with van der Waals surface area (Å²) in [5, 5.41) is 3.95. The highest BCUT2D eigenvalue weighted by molar-refractivity contribution is 7.99. The van der Waals surface area contributed by atoms with Crippen LogP contribution >= 0.6 is 11.8 Å². The minimum Gasteiger partial charge on any atom is -0.355 e. The van der Waals surface area contributed by atoms with Crippen molar-refractivity contribution in [1.82, 2.24) is 19.9 Å². The molecule has 146 valence electrons. The quantitative estimate of drug-likeness (QED) is 0.468. The molecule has 0 atom stereocenters. The molecule has 2 aromatic heterocycles. The average Bonchev–Trinajstić information content (AvgIpc) is 2.69. The SMILES string of the molecule is CC(C)Cn1c(SCC(=O)NCCc2ccccc2)nc2ncccc2c1=O. The maximum Gasteiger partial charge on any atom is 0.263 e. The first-order chi connectivity index (χ1) is 13.5. The largest absolute Gasteiger partial charge is 0.355 e. The number of amides is 1. The van der Waals surface area contributed by atoms with E-state index in [9.17, 15) is 9.59 Å². The highest BCUT2D eigenvalue weighted by atomic mass is 32.2. The Hall–Kier alpha value is -2.67. The molecule has 2 heterocycles. The molecule has 0 bridgehead atoms. The third-order valence-corrected chi connectivity index (χ3v) is 5.13. The summed E-state index contributed by atoms with van der Waals surface area (Å²) in [5.41, 5.74) is 1.49. The van der Waals surface area contributed by atoms with Crippen LogP contribution in [0.5, 0.6) is 0 Å². The number of rotatable bonds is 8. The van der Waals surface area contributed by atoms with E-state index >= 15 is 0 Å². The van der Waals surface area contributed by atoms with Crippen LogP contribution in [0.15, 0.2) is 58.6 Å². The first kappa shape index (κ1) is 20.1. The number of hydrogen-bond donors (Lipinski definition) is 1. The predicted octanol–water partition coefficient (Wildman–Crippen LogP) is 2.90. The number of carbonyl (C=O) groups is 1. The van der Waals surface area contributed by atoms with Crippen molar-refractivity contribution in [2.45, 2.75) is 32.0 Å². The molecule has 0 aliphatic heterocycles. The Morgan fingerprint density at radius 1 is 1.18 bits per heavy atom. The lowest BCUT2D eigenvalue weighted by Crippen LogP contribution is -2.29. The molecule has 1 aromatic carbocycles. The third kappa shape index (κ3) is 5.19. The van der Waals surface area contributed by atoms with Crippen molar-refractivity contribution in [2.24, 2.45) is 5.92 Å². The van der Waals surface area contributed by atoms with Crippen molar-refractivity contribution in [1.29, 1.82) is 0 Å². The fourth-order valence-corrected chi connectivity index (χ4v) is 3.67. The lowest BCUT2D eigenvalue weighted by Gasteiger charge is -2.14. The molecular weight excluding hydrogens is 372 g/mol. The van der Waals surface area contributed by atoms with Gasteiger partial charge in [0.1, 0.15) is 0 Å². The van der Waals surface area contributed by atoms with Crippen molar-refractivity contribution in [3.63, 3.8) is 0 Å². The maximum atomic E-state index is 12.8. The van der Waals surface area contributed by atoms with Crippen LogP contribution in [0.25, 0.3) is 11.0 Å². The van der Waals surface area contributed by atoms with E-state index in [-0.39, 0.29) is 23.1 Å². The molecule has 7 heteroatoms. The van der Waals surface area contributed by atoms with Gasteiger partial charge in [0, 0.05) is 19.3 Å². The monoisotopic (exact) mass is 396 g/mol. The van der Waals surface area contributed by atoms with E-state index in [1.54, 1.807) is 22.9 Å². The zero-order valence-electron chi connectivity index (χ0n) is 16.1. The number of thioether (sulfide) groups is 1. The molecule has 0 fully saturated rings. The van der Waals surface area contributed by atoms with Crippen molar-refractivity contribution >= 4 is 28.7 Å². The van der Waals surface area contributed by atoms with Gasteiger partial charge in [-0.05, 0) is 30.0 Å². The number of fused-ring (bicyclic) bond motifs is 1. The summed E-state index contributed by atoms with van der Waals surface area (Å²) < 4.78 is 1.65. The Balaban J connectivity index is 1.67. The zero-order valence-corrected chi connectivity index (χ0v) is 16.9. The first-order valence-electron chi connectivity index (χ1n) is 9.33. The van der Waals surface area contributed by atoms with Crippen molar-refractivity contribution < 1.29 is 4.79 Å². The minimum absolute atomic E-state index is 0.0765. The standard InChI is InChI=1S/C21H24N4O2S/c1-15(2)13-25-20(27)17-9-6-11-23-19(17)24-21(25)28-14-18(26)22-12-10-16-7-4-3-5-8-16/h3-9,11,15H,10,12-14H2,1-2H3,(H,22,26). The van der Waals surface area contributed by atoms with Crippen LogP contribution in [-0.2, 0) is 17.8 Å². The van der Waals surface area contributed by atoms with Gasteiger partial charge in [0.05, 0.1) is 11.1 Å². The second-order valence-corrected chi connectivity index (χ2v) is 7.90. The summed E-state index contributed by atoms with van der Waals surface area (Å²) in [7, 11) is 0. The molecule has 6 nitrogen and oxygen atoms in total. The smallest absolute Gasteiger partial charge is 0.263 e. The molecule has 28 heavy (non-hydrogen) atoms. The van der Waals surface area contributed by atoms with Crippen LogP contribution in [0.4, 0.5) is 0 Å². The number of benzene rings is 1. The van der Waals surface area contributed by atoms with Gasteiger partial charge in [-0.25, -0.2) is 9.97 Å². The van der Waals surface area contributed by atoms with Gasteiger partial charge in [-0.15, -0.1) is 0 Å². The molecule has 0 spiro atoms. The number of aromatic nitrogens is 3. The van der Waals surface area contributed by atoms with Crippen LogP contribution in [-0.4, -0.2) is 32.7 Å². The Bertz CT molecular complexity index is 1000. The molecule has 0 saturated carbocycles. The Kier molecular flexibility index (Phi) is 6.81. The molecule has 0 radical (unpaired) electrons. The summed E-state index contributed by atoms with van der Waals surface area (Å²) in [4.78, 5) is 33.8. The van der Waals surface area contributed by atoms with Gasteiger partial charge in [-0.2, -0.15) is 0 Å². The van der Waals surface area contributed by atoms with Gasteiger partial charge in [-0.3, -0.25) is 14.2 Å². The molecule has 0 aliphatic rings. The number of nitrogens with one attached hydrogen (secondary N) is 1. The number of pyridine rings is 1. The van der Waals surface area contributed by atoms with E-state index in [2.05, 4.69) is 15.3 Å². The molecular formula is C21H24N4O2S. The maximum absolute atomic E-state index is 12.8. The van der Waals surface area contributed by atoms with Gasteiger partial charge < -0.3 is 5.32 Å². The third-order valence-electron chi connectivity index (χ3n) is 4.15. The number of carbonyl (C=O) groups excluding carboxylic acids is 1. The normalized spacial score (nSPS) is 11.1. The summed E-state index contributed by atoms with van der Waals surface area (Å²) in [6.07, 6.45) is 2.40. The Morgan fingerprint density at radius 3 is 2.71 bits per heavy atom. The molecule has 0 unspecified atom stereocenters. The molecule has 1 N–H and O–H groups in total. The van der Waals surface area contributed by atoms with Crippen LogP contribution in [0.1, 0.15) is 19.4 Å². The summed E-state index contributed by atoms with van der Waals surface area (Å²) in [6.45, 7) is 5.22.